The summed E-state index contributed by atoms with van der Waals surface area (Å²) in [5.41, 5.74) is 3.12. The molecule has 0 aliphatic rings. The van der Waals surface area contributed by atoms with E-state index in [1.54, 1.807) is 23.8 Å². The largest absolute Gasteiger partial charge is 0.294 e. The molecule has 18 heavy (non-hydrogen) atoms. The summed E-state index contributed by atoms with van der Waals surface area (Å²) < 4.78 is 1.75. The number of aromatic amines is 1. The Labute approximate surface area is 103 Å². The Morgan fingerprint density at radius 3 is 2.83 bits per heavy atom. The molecule has 0 saturated heterocycles. The van der Waals surface area contributed by atoms with Crippen LogP contribution in [0.5, 0.6) is 0 Å². The minimum Gasteiger partial charge on any atom is -0.294 e. The number of hydrogen-bond donors (Lipinski definition) is 1. The van der Waals surface area contributed by atoms with E-state index in [0.29, 0.717) is 11.4 Å². The first-order chi connectivity index (χ1) is 8.66. The predicted octanol–water partition coefficient (Wildman–Crippen LogP) is 2.24. The van der Waals surface area contributed by atoms with E-state index in [4.69, 9.17) is 0 Å². The van der Waals surface area contributed by atoms with Gasteiger partial charge in [0.05, 0.1) is 5.69 Å². The van der Waals surface area contributed by atoms with Crippen molar-refractivity contribution in [3.8, 4) is 11.4 Å². The molecule has 0 atom stereocenters. The van der Waals surface area contributed by atoms with E-state index in [1.807, 2.05) is 25.1 Å². The van der Waals surface area contributed by atoms with Crippen LogP contribution in [0.1, 0.15) is 23.0 Å². The minimum atomic E-state index is 0.0292. The molecule has 0 radical (unpaired) electrons. The molecule has 2 aromatic heterocycles. The predicted molar refractivity (Wildman–Crippen MR) is 67.5 cm³/mol. The zero-order valence-electron chi connectivity index (χ0n) is 10.1. The van der Waals surface area contributed by atoms with Gasteiger partial charge in [-0.3, -0.25) is 9.89 Å². The van der Waals surface area contributed by atoms with Crippen molar-refractivity contribution in [2.24, 2.45) is 0 Å². The van der Waals surface area contributed by atoms with Gasteiger partial charge in [0, 0.05) is 11.1 Å². The van der Waals surface area contributed by atoms with Crippen molar-refractivity contribution in [2.45, 2.75) is 13.8 Å². The van der Waals surface area contributed by atoms with Crippen LogP contribution >= 0.6 is 0 Å². The van der Waals surface area contributed by atoms with Gasteiger partial charge in [0.1, 0.15) is 6.33 Å². The molecule has 2 heterocycles. The number of nitrogens with one attached hydrogen (secondary N) is 1. The molecule has 0 unspecified atom stereocenters. The van der Waals surface area contributed by atoms with Crippen molar-refractivity contribution < 1.29 is 4.79 Å². The monoisotopic (exact) mass is 240 g/mol. The molecular weight excluding hydrogens is 228 g/mol. The normalized spacial score (nSPS) is 11.0. The summed E-state index contributed by atoms with van der Waals surface area (Å²) in [5, 5.41) is 3.12. The molecule has 0 saturated carbocycles. The highest BCUT2D eigenvalue weighted by atomic mass is 16.1. The van der Waals surface area contributed by atoms with Crippen molar-refractivity contribution in [1.29, 1.82) is 0 Å². The Kier molecular flexibility index (Phi) is 2.26. The molecule has 0 fully saturated rings. The highest BCUT2D eigenvalue weighted by Gasteiger charge is 2.13. The van der Waals surface area contributed by atoms with E-state index in [0.717, 1.165) is 16.9 Å². The van der Waals surface area contributed by atoms with Gasteiger partial charge in [-0.15, -0.1) is 0 Å². The molecule has 5 nitrogen and oxygen atoms in total. The van der Waals surface area contributed by atoms with E-state index >= 15 is 0 Å². The van der Waals surface area contributed by atoms with Gasteiger partial charge in [-0.25, -0.2) is 14.5 Å². The number of carbonyl (C=O) groups is 1. The van der Waals surface area contributed by atoms with Crippen LogP contribution in [-0.2, 0) is 0 Å². The van der Waals surface area contributed by atoms with Gasteiger partial charge in [-0.1, -0.05) is 24.3 Å². The Balaban J connectivity index is 2.22. The number of imidazole rings is 1. The maximum atomic E-state index is 11.6. The molecule has 0 aliphatic carbocycles. The Bertz CT molecular complexity index is 738. The Morgan fingerprint density at radius 2 is 2.11 bits per heavy atom. The lowest BCUT2D eigenvalue weighted by Crippen LogP contribution is -1.97. The summed E-state index contributed by atoms with van der Waals surface area (Å²) in [4.78, 5) is 20.2. The topological polar surface area (TPSA) is 63.1 Å². The lowest BCUT2D eigenvalue weighted by molar-refractivity contribution is 0.101. The maximum Gasteiger partial charge on any atom is 0.176 e. The molecular formula is C13H12N4O. The van der Waals surface area contributed by atoms with Gasteiger partial charge in [-0.05, 0) is 13.8 Å². The third kappa shape index (κ3) is 1.52. The summed E-state index contributed by atoms with van der Waals surface area (Å²) in [7, 11) is 0. The number of nitrogens with zero attached hydrogens (tertiary/aromatic N) is 3. The van der Waals surface area contributed by atoms with Gasteiger partial charge in [0.15, 0.2) is 17.3 Å². The van der Waals surface area contributed by atoms with Crippen molar-refractivity contribution >= 4 is 11.4 Å². The number of ketones is 1. The van der Waals surface area contributed by atoms with Crippen LogP contribution in [0.25, 0.3) is 17.0 Å². The second-order valence-electron chi connectivity index (χ2n) is 4.20. The fourth-order valence-corrected chi connectivity index (χ4v) is 2.01. The molecule has 0 amide bonds. The molecule has 1 aromatic carbocycles. The van der Waals surface area contributed by atoms with E-state index in [9.17, 15) is 4.79 Å². The number of H-pyrrole nitrogens is 1. The number of hydrogen-bond acceptors (Lipinski definition) is 3. The number of rotatable bonds is 2. The van der Waals surface area contributed by atoms with E-state index < -0.39 is 0 Å². The molecule has 5 heteroatoms. The molecule has 3 aromatic rings. The van der Waals surface area contributed by atoms with E-state index in [1.165, 1.54) is 0 Å². The number of carbonyl (C=O) groups excluding carboxylic acids is 1. The van der Waals surface area contributed by atoms with Crippen molar-refractivity contribution in [3.63, 3.8) is 0 Å². The lowest BCUT2D eigenvalue weighted by Gasteiger charge is -2.02. The average Bonchev–Trinajstić information content (AvgIpc) is 2.92. The smallest absolute Gasteiger partial charge is 0.176 e. The summed E-state index contributed by atoms with van der Waals surface area (Å²) >= 11 is 0. The van der Waals surface area contributed by atoms with Crippen LogP contribution < -0.4 is 0 Å². The third-order valence-electron chi connectivity index (χ3n) is 2.92. The third-order valence-corrected chi connectivity index (χ3v) is 2.92. The number of aromatic nitrogens is 4. The second-order valence-corrected chi connectivity index (χ2v) is 4.20. The van der Waals surface area contributed by atoms with Gasteiger partial charge in [0.2, 0.25) is 0 Å². The van der Waals surface area contributed by atoms with Crippen molar-refractivity contribution in [3.05, 3.63) is 41.9 Å². The average molecular weight is 240 g/mol. The van der Waals surface area contributed by atoms with Gasteiger partial charge in [0.25, 0.3) is 0 Å². The lowest BCUT2D eigenvalue weighted by atomic mass is 10.0. The van der Waals surface area contributed by atoms with E-state index in [-0.39, 0.29) is 5.78 Å². The quantitative estimate of drug-likeness (QED) is 0.699. The van der Waals surface area contributed by atoms with E-state index in [2.05, 4.69) is 15.1 Å². The molecule has 3 rings (SSSR count). The second kappa shape index (κ2) is 3.80. The van der Waals surface area contributed by atoms with Gasteiger partial charge >= 0.3 is 0 Å². The van der Waals surface area contributed by atoms with Crippen molar-refractivity contribution in [1.82, 2.24) is 19.6 Å². The molecule has 0 spiro atoms. The first kappa shape index (κ1) is 10.7. The fraction of sp³-hybridized carbons (Fsp3) is 0.154. The Hall–Kier alpha value is -2.43. The first-order valence-electron chi connectivity index (χ1n) is 5.67. The molecule has 90 valence electrons. The SMILES string of the molecule is CC(=O)c1ccccc1-c1nc2c(C)ncn2[nH]1. The minimum absolute atomic E-state index is 0.0292. The van der Waals surface area contributed by atoms with Crippen LogP contribution in [0.3, 0.4) is 0 Å². The highest BCUT2D eigenvalue weighted by molar-refractivity contribution is 6.00. The molecule has 1 N–H and O–H groups in total. The van der Waals surface area contributed by atoms with Crippen LogP contribution in [-0.4, -0.2) is 25.4 Å². The maximum absolute atomic E-state index is 11.6. The summed E-state index contributed by atoms with van der Waals surface area (Å²) in [5.74, 6) is 0.711. The first-order valence-corrected chi connectivity index (χ1v) is 5.67. The zero-order chi connectivity index (χ0) is 12.7. The van der Waals surface area contributed by atoms with Crippen LogP contribution in [0.4, 0.5) is 0 Å². The summed E-state index contributed by atoms with van der Waals surface area (Å²) in [6.07, 6.45) is 1.68. The van der Waals surface area contributed by atoms with Crippen LogP contribution in [0, 0.1) is 6.92 Å². The number of benzene rings is 1. The molecule has 0 aliphatic heterocycles. The highest BCUT2D eigenvalue weighted by Crippen LogP contribution is 2.22. The fourth-order valence-electron chi connectivity index (χ4n) is 2.01. The summed E-state index contributed by atoms with van der Waals surface area (Å²) in [6.45, 7) is 3.46. The summed E-state index contributed by atoms with van der Waals surface area (Å²) in [6, 6.07) is 7.44. The number of aryl methyl sites for hydroxylation is 1. The van der Waals surface area contributed by atoms with Gasteiger partial charge in [-0.2, -0.15) is 0 Å². The van der Waals surface area contributed by atoms with Crippen LogP contribution in [0.2, 0.25) is 0 Å². The van der Waals surface area contributed by atoms with Crippen LogP contribution in [0.15, 0.2) is 30.6 Å². The Morgan fingerprint density at radius 1 is 1.33 bits per heavy atom. The van der Waals surface area contributed by atoms with Gasteiger partial charge < -0.3 is 0 Å². The number of fused-ring (bicyclic) bond motifs is 1. The molecule has 0 bridgehead atoms. The van der Waals surface area contributed by atoms with Crippen molar-refractivity contribution in [2.75, 3.05) is 0 Å². The zero-order valence-corrected chi connectivity index (χ0v) is 10.1. The standard InChI is InChI=1S/C13H12N4O/c1-8-13-15-12(16-17(13)7-14-8)11-6-4-3-5-10(11)9(2)18/h3-7H,1-2H3,(H,15,16). The number of Topliss-reactive ketones (excluding diaryl/α,β-unsaturated/α-hetero) is 1.